The minimum absolute atomic E-state index is 0.372. The zero-order valence-corrected chi connectivity index (χ0v) is 26.5. The Labute approximate surface area is 267 Å². The van der Waals surface area contributed by atoms with Gasteiger partial charge in [-0.15, -0.1) is 0 Å². The molecule has 0 aromatic heterocycles. The standard InChI is InChI=1S/C39H44O6/c1-3-42-34-26-18-32(19-27-34)38(40)44-36-22-14-30(15-23-36)12-10-8-6-5-7-9-11-13-31-16-24-37(25-17-31)45-39(41)33-20-28-35(29-21-33)43-4-2/h14-29H,3-13H2,1-2H3. The number of esters is 2. The molecule has 4 aromatic rings. The van der Waals surface area contributed by atoms with Crippen molar-refractivity contribution in [3.63, 3.8) is 0 Å². The van der Waals surface area contributed by atoms with E-state index in [4.69, 9.17) is 18.9 Å². The van der Waals surface area contributed by atoms with Crippen molar-refractivity contribution in [1.29, 1.82) is 0 Å². The Bertz CT molecular complexity index is 1330. The minimum Gasteiger partial charge on any atom is -0.494 e. The fourth-order valence-electron chi connectivity index (χ4n) is 5.03. The minimum atomic E-state index is -0.372. The number of carbonyl (C=O) groups is 2. The molecular formula is C39H44O6. The Morgan fingerprint density at radius 3 is 1.07 bits per heavy atom. The summed E-state index contributed by atoms with van der Waals surface area (Å²) in [4.78, 5) is 24.8. The number of hydrogen-bond donors (Lipinski definition) is 0. The summed E-state index contributed by atoms with van der Waals surface area (Å²) in [7, 11) is 0. The Kier molecular flexibility index (Phi) is 13.5. The van der Waals surface area contributed by atoms with Crippen LogP contribution >= 0.6 is 0 Å². The molecule has 4 aromatic carbocycles. The molecule has 0 atom stereocenters. The lowest BCUT2D eigenvalue weighted by atomic mass is 10.0. The topological polar surface area (TPSA) is 71.1 Å². The number of hydrogen-bond acceptors (Lipinski definition) is 6. The third-order valence-electron chi connectivity index (χ3n) is 7.50. The lowest BCUT2D eigenvalue weighted by molar-refractivity contribution is 0.0725. The van der Waals surface area contributed by atoms with Crippen LogP contribution in [0.2, 0.25) is 0 Å². The van der Waals surface area contributed by atoms with E-state index in [0.29, 0.717) is 35.8 Å². The summed E-state index contributed by atoms with van der Waals surface area (Å²) in [6, 6.07) is 29.6. The molecule has 45 heavy (non-hydrogen) atoms. The van der Waals surface area contributed by atoms with Gasteiger partial charge in [0.1, 0.15) is 23.0 Å². The van der Waals surface area contributed by atoms with Crippen LogP contribution in [0.5, 0.6) is 23.0 Å². The summed E-state index contributed by atoms with van der Waals surface area (Å²) in [5, 5.41) is 0. The number of aryl methyl sites for hydroxylation is 2. The van der Waals surface area contributed by atoms with Gasteiger partial charge >= 0.3 is 11.9 Å². The third-order valence-corrected chi connectivity index (χ3v) is 7.50. The van der Waals surface area contributed by atoms with Gasteiger partial charge in [0.2, 0.25) is 0 Å². The fourth-order valence-corrected chi connectivity index (χ4v) is 5.03. The second-order valence-corrected chi connectivity index (χ2v) is 11.0. The molecule has 0 saturated carbocycles. The monoisotopic (exact) mass is 608 g/mol. The van der Waals surface area contributed by atoms with E-state index in [9.17, 15) is 9.59 Å². The molecule has 236 valence electrons. The third kappa shape index (κ3) is 11.5. The van der Waals surface area contributed by atoms with Crippen molar-refractivity contribution < 1.29 is 28.5 Å². The summed E-state index contributed by atoms with van der Waals surface area (Å²) in [6.45, 7) is 5.02. The molecule has 0 amide bonds. The fraction of sp³-hybridized carbons (Fsp3) is 0.333. The van der Waals surface area contributed by atoms with Crippen molar-refractivity contribution in [1.82, 2.24) is 0 Å². The van der Waals surface area contributed by atoms with Crippen LogP contribution in [-0.4, -0.2) is 25.2 Å². The highest BCUT2D eigenvalue weighted by Gasteiger charge is 2.10. The first kappa shape index (κ1) is 33.3. The van der Waals surface area contributed by atoms with Gasteiger partial charge in [0, 0.05) is 0 Å². The van der Waals surface area contributed by atoms with Crippen LogP contribution in [-0.2, 0) is 12.8 Å². The van der Waals surface area contributed by atoms with Gasteiger partial charge in [-0.05, 0) is 123 Å². The number of carbonyl (C=O) groups excluding carboxylic acids is 2. The van der Waals surface area contributed by atoms with E-state index in [-0.39, 0.29) is 11.9 Å². The average Bonchev–Trinajstić information content (AvgIpc) is 3.06. The highest BCUT2D eigenvalue weighted by atomic mass is 16.5. The number of rotatable bonds is 18. The molecule has 0 fully saturated rings. The van der Waals surface area contributed by atoms with Crippen molar-refractivity contribution in [2.75, 3.05) is 13.2 Å². The predicted molar refractivity (Wildman–Crippen MR) is 178 cm³/mol. The maximum Gasteiger partial charge on any atom is 0.343 e. The van der Waals surface area contributed by atoms with Crippen molar-refractivity contribution in [3.05, 3.63) is 119 Å². The molecule has 0 unspecified atom stereocenters. The van der Waals surface area contributed by atoms with Crippen LogP contribution in [0.4, 0.5) is 0 Å². The Morgan fingerprint density at radius 2 is 0.733 bits per heavy atom. The van der Waals surface area contributed by atoms with Crippen LogP contribution in [0, 0.1) is 0 Å². The van der Waals surface area contributed by atoms with Crippen molar-refractivity contribution >= 4 is 11.9 Å². The van der Waals surface area contributed by atoms with Gasteiger partial charge in [-0.1, -0.05) is 56.4 Å². The van der Waals surface area contributed by atoms with Gasteiger partial charge in [-0.3, -0.25) is 0 Å². The maximum absolute atomic E-state index is 12.4. The SMILES string of the molecule is CCOc1ccc(C(=O)Oc2ccc(CCCCCCCCCc3ccc(OC(=O)c4ccc(OCC)cc4)cc3)cc2)cc1. The summed E-state index contributed by atoms with van der Waals surface area (Å²) < 4.78 is 21.9. The van der Waals surface area contributed by atoms with Gasteiger partial charge in [0.05, 0.1) is 24.3 Å². The molecule has 0 aliphatic carbocycles. The Hall–Kier alpha value is -4.58. The Morgan fingerprint density at radius 1 is 0.422 bits per heavy atom. The van der Waals surface area contributed by atoms with Gasteiger partial charge in [-0.25, -0.2) is 9.59 Å². The normalized spacial score (nSPS) is 10.7. The summed E-state index contributed by atoms with van der Waals surface area (Å²) in [5.74, 6) is 1.84. The number of ether oxygens (including phenoxy) is 4. The molecule has 6 heteroatoms. The maximum atomic E-state index is 12.4. The molecule has 4 rings (SSSR count). The number of unbranched alkanes of at least 4 members (excludes halogenated alkanes) is 6. The average molecular weight is 609 g/mol. The molecule has 0 spiro atoms. The molecule has 0 bridgehead atoms. The van der Waals surface area contributed by atoms with Crippen LogP contribution in [0.1, 0.15) is 90.6 Å². The van der Waals surface area contributed by atoms with Crippen LogP contribution in [0.3, 0.4) is 0 Å². The van der Waals surface area contributed by atoms with Crippen LogP contribution in [0.25, 0.3) is 0 Å². The molecule has 0 heterocycles. The smallest absolute Gasteiger partial charge is 0.343 e. The van der Waals surface area contributed by atoms with E-state index >= 15 is 0 Å². The summed E-state index contributed by atoms with van der Waals surface area (Å²) >= 11 is 0. The van der Waals surface area contributed by atoms with E-state index < -0.39 is 0 Å². The van der Waals surface area contributed by atoms with Crippen LogP contribution in [0.15, 0.2) is 97.1 Å². The van der Waals surface area contributed by atoms with Crippen molar-refractivity contribution in [2.45, 2.75) is 71.6 Å². The summed E-state index contributed by atoms with van der Waals surface area (Å²) in [5.41, 5.74) is 3.51. The van der Waals surface area contributed by atoms with Crippen molar-refractivity contribution in [3.8, 4) is 23.0 Å². The quantitative estimate of drug-likeness (QED) is 0.0637. The largest absolute Gasteiger partial charge is 0.494 e. The second kappa shape index (κ2) is 18.3. The first-order chi connectivity index (χ1) is 22.0. The second-order valence-electron chi connectivity index (χ2n) is 11.0. The van der Waals surface area contributed by atoms with E-state index in [1.807, 2.05) is 62.4 Å². The first-order valence-corrected chi connectivity index (χ1v) is 16.1. The van der Waals surface area contributed by atoms with E-state index in [2.05, 4.69) is 0 Å². The first-order valence-electron chi connectivity index (χ1n) is 16.1. The van der Waals surface area contributed by atoms with Gasteiger partial charge in [0.25, 0.3) is 0 Å². The van der Waals surface area contributed by atoms with Crippen molar-refractivity contribution in [2.24, 2.45) is 0 Å². The zero-order chi connectivity index (χ0) is 31.7. The van der Waals surface area contributed by atoms with Gasteiger partial charge in [-0.2, -0.15) is 0 Å². The van der Waals surface area contributed by atoms with Gasteiger partial charge < -0.3 is 18.9 Å². The van der Waals surface area contributed by atoms with E-state index in [0.717, 1.165) is 37.2 Å². The van der Waals surface area contributed by atoms with Gasteiger partial charge in [0.15, 0.2) is 0 Å². The zero-order valence-electron chi connectivity index (χ0n) is 26.5. The molecule has 0 saturated heterocycles. The highest BCUT2D eigenvalue weighted by Crippen LogP contribution is 2.20. The lowest BCUT2D eigenvalue weighted by Gasteiger charge is -2.08. The molecule has 0 N–H and O–H groups in total. The Balaban J connectivity index is 1.03. The summed E-state index contributed by atoms with van der Waals surface area (Å²) in [6.07, 6.45) is 10.5. The molecule has 0 radical (unpaired) electrons. The molecule has 0 aliphatic rings. The molecule has 6 nitrogen and oxygen atoms in total. The molecule has 0 aliphatic heterocycles. The molecular weight excluding hydrogens is 564 g/mol. The predicted octanol–water partition coefficient (Wildman–Crippen LogP) is 9.44. The lowest BCUT2D eigenvalue weighted by Crippen LogP contribution is -2.08. The highest BCUT2D eigenvalue weighted by molar-refractivity contribution is 5.91. The number of benzene rings is 4. The van der Waals surface area contributed by atoms with E-state index in [1.165, 1.54) is 43.2 Å². The van der Waals surface area contributed by atoms with Crippen LogP contribution < -0.4 is 18.9 Å². The van der Waals surface area contributed by atoms with E-state index in [1.54, 1.807) is 48.5 Å².